The summed E-state index contributed by atoms with van der Waals surface area (Å²) in [5.41, 5.74) is -0.938. The maximum absolute atomic E-state index is 11.5. The van der Waals surface area contributed by atoms with Gasteiger partial charge in [0.15, 0.2) is 0 Å². The van der Waals surface area contributed by atoms with Crippen molar-refractivity contribution in [2.45, 2.75) is 23.6 Å². The van der Waals surface area contributed by atoms with Crippen molar-refractivity contribution >= 4 is 10.1 Å². The lowest BCUT2D eigenvalue weighted by Gasteiger charge is -2.29. The molecule has 0 radical (unpaired) electrons. The fourth-order valence-corrected chi connectivity index (χ4v) is 2.91. The maximum atomic E-state index is 11.5. The molecule has 0 aliphatic rings. The van der Waals surface area contributed by atoms with E-state index in [-0.39, 0.29) is 25.1 Å². The number of hydrogen-bond acceptors (Lipinski definition) is 7. The highest BCUT2D eigenvalue weighted by Crippen LogP contribution is 2.21. The number of phenols is 1. The molecule has 1 aromatic carbocycles. The molecular formula is C14H23NO7S. The molecule has 1 unspecified atom stereocenters. The number of aliphatic hydroxyl groups is 3. The van der Waals surface area contributed by atoms with Gasteiger partial charge in [0.25, 0.3) is 10.1 Å². The van der Waals surface area contributed by atoms with Crippen LogP contribution >= 0.6 is 0 Å². The van der Waals surface area contributed by atoms with Crippen LogP contribution in [0.25, 0.3) is 0 Å². The lowest BCUT2D eigenvalue weighted by Crippen LogP contribution is -2.55. The lowest BCUT2D eigenvalue weighted by atomic mass is 10.0. The summed E-state index contributed by atoms with van der Waals surface area (Å²) < 4.78 is 32.4. The van der Waals surface area contributed by atoms with Crippen LogP contribution in [0.1, 0.15) is 12.0 Å². The summed E-state index contributed by atoms with van der Waals surface area (Å²) >= 11 is 0. The molecular weight excluding hydrogens is 326 g/mol. The monoisotopic (exact) mass is 349 g/mol. The third-order valence-corrected chi connectivity index (χ3v) is 4.98. The Labute approximate surface area is 135 Å². The summed E-state index contributed by atoms with van der Waals surface area (Å²) in [4.78, 5) is 0. The van der Waals surface area contributed by atoms with Crippen LogP contribution in [0.15, 0.2) is 24.3 Å². The van der Waals surface area contributed by atoms with Crippen molar-refractivity contribution in [1.29, 1.82) is 0 Å². The van der Waals surface area contributed by atoms with E-state index >= 15 is 0 Å². The van der Waals surface area contributed by atoms with Gasteiger partial charge >= 0.3 is 0 Å². The Morgan fingerprint density at radius 1 is 1.09 bits per heavy atom. The van der Waals surface area contributed by atoms with Gasteiger partial charge in [-0.25, -0.2) is 0 Å². The highest BCUT2D eigenvalue weighted by molar-refractivity contribution is 7.86. The smallest absolute Gasteiger partial charge is 0.268 e. The molecule has 6 N–H and O–H groups in total. The normalized spacial score (nSPS) is 13.9. The maximum Gasteiger partial charge on any atom is 0.268 e. The van der Waals surface area contributed by atoms with Gasteiger partial charge in [0.05, 0.1) is 30.6 Å². The van der Waals surface area contributed by atoms with Gasteiger partial charge in [-0.15, -0.1) is 0 Å². The number of aliphatic hydroxyl groups excluding tert-OH is 3. The SMILES string of the molecule is O=S(=O)(O)C(CCNC(CO)(CO)CO)Cc1ccccc1O. The minimum atomic E-state index is -4.36. The Morgan fingerprint density at radius 2 is 1.65 bits per heavy atom. The van der Waals surface area contributed by atoms with Crippen molar-refractivity contribution in [3.63, 3.8) is 0 Å². The number of aromatic hydroxyl groups is 1. The van der Waals surface area contributed by atoms with E-state index in [1.165, 1.54) is 6.07 Å². The van der Waals surface area contributed by atoms with Gasteiger partial charge in [0, 0.05) is 0 Å². The highest BCUT2D eigenvalue weighted by atomic mass is 32.2. The average molecular weight is 349 g/mol. The van der Waals surface area contributed by atoms with E-state index in [0.29, 0.717) is 5.56 Å². The minimum absolute atomic E-state index is 0.0275. The van der Waals surface area contributed by atoms with Crippen LogP contribution in [0.3, 0.4) is 0 Å². The van der Waals surface area contributed by atoms with Gasteiger partial charge in [0.1, 0.15) is 5.75 Å². The van der Waals surface area contributed by atoms with Crippen molar-refractivity contribution in [3.8, 4) is 5.75 Å². The van der Waals surface area contributed by atoms with E-state index < -0.39 is 40.7 Å². The molecule has 132 valence electrons. The van der Waals surface area contributed by atoms with E-state index in [1.54, 1.807) is 18.2 Å². The fourth-order valence-electron chi connectivity index (χ4n) is 2.10. The van der Waals surface area contributed by atoms with E-state index in [1.807, 2.05) is 0 Å². The van der Waals surface area contributed by atoms with E-state index in [9.17, 15) is 33.4 Å². The molecule has 0 aliphatic heterocycles. The van der Waals surface area contributed by atoms with E-state index in [4.69, 9.17) is 0 Å². The first-order chi connectivity index (χ1) is 10.8. The molecule has 0 saturated heterocycles. The van der Waals surface area contributed by atoms with E-state index in [0.717, 1.165) is 0 Å². The molecule has 0 aromatic heterocycles. The van der Waals surface area contributed by atoms with Gasteiger partial charge in [-0.05, 0) is 31.0 Å². The van der Waals surface area contributed by atoms with Crippen LogP contribution in [-0.2, 0) is 16.5 Å². The number of para-hydroxylation sites is 1. The Bertz CT molecular complexity index is 578. The Balaban J connectivity index is 2.76. The van der Waals surface area contributed by atoms with Crippen LogP contribution in [0.4, 0.5) is 0 Å². The average Bonchev–Trinajstić information content (AvgIpc) is 2.52. The molecule has 0 fully saturated rings. The van der Waals surface area contributed by atoms with Crippen molar-refractivity contribution in [3.05, 3.63) is 29.8 Å². The lowest BCUT2D eigenvalue weighted by molar-refractivity contribution is 0.0426. The molecule has 0 saturated carbocycles. The van der Waals surface area contributed by atoms with Gasteiger partial charge in [-0.1, -0.05) is 18.2 Å². The summed E-state index contributed by atoms with van der Waals surface area (Å²) in [6, 6.07) is 6.22. The third-order valence-electron chi connectivity index (χ3n) is 3.73. The van der Waals surface area contributed by atoms with Crippen LogP contribution in [-0.4, -0.2) is 70.6 Å². The molecule has 1 atom stereocenters. The predicted octanol–water partition coefficient (Wildman–Crippen LogP) is -1.11. The quantitative estimate of drug-likeness (QED) is 0.291. The fraction of sp³-hybridized carbons (Fsp3) is 0.571. The molecule has 0 aliphatic carbocycles. The van der Waals surface area contributed by atoms with Gasteiger partial charge in [-0.2, -0.15) is 8.42 Å². The Morgan fingerprint density at radius 3 is 2.13 bits per heavy atom. The van der Waals surface area contributed by atoms with E-state index in [2.05, 4.69) is 5.32 Å². The zero-order valence-corrected chi connectivity index (χ0v) is 13.4. The number of benzene rings is 1. The largest absolute Gasteiger partial charge is 0.508 e. The standard InChI is InChI=1S/C14H23NO7S/c16-8-14(9-17,10-18)15-6-5-12(23(20,21)22)7-11-3-1-2-4-13(11)19/h1-4,12,15-19H,5-10H2,(H,20,21,22). The number of nitrogens with one attached hydrogen (secondary N) is 1. The zero-order chi connectivity index (χ0) is 17.5. The number of rotatable bonds is 10. The molecule has 23 heavy (non-hydrogen) atoms. The molecule has 9 heteroatoms. The van der Waals surface area contributed by atoms with Crippen molar-refractivity contribution < 1.29 is 33.4 Å². The second-order valence-corrected chi connectivity index (χ2v) is 7.14. The highest BCUT2D eigenvalue weighted by Gasteiger charge is 2.29. The summed E-state index contributed by atoms with van der Waals surface area (Å²) in [5.74, 6) is -0.0652. The molecule has 0 amide bonds. The Hall–Kier alpha value is -1.23. The summed E-state index contributed by atoms with van der Waals surface area (Å²) in [5, 5.41) is 38.8. The Kier molecular flexibility index (Phi) is 7.39. The molecule has 0 bridgehead atoms. The first-order valence-electron chi connectivity index (χ1n) is 7.09. The molecule has 0 heterocycles. The van der Waals surface area contributed by atoms with Gasteiger partial charge in [-0.3, -0.25) is 4.55 Å². The van der Waals surface area contributed by atoms with Crippen molar-refractivity contribution in [1.82, 2.24) is 5.32 Å². The second-order valence-electron chi connectivity index (χ2n) is 5.44. The predicted molar refractivity (Wildman–Crippen MR) is 83.8 cm³/mol. The second kappa shape index (κ2) is 8.57. The van der Waals surface area contributed by atoms with Crippen LogP contribution in [0.5, 0.6) is 5.75 Å². The number of phenolic OH excluding ortho intramolecular Hbond substituents is 1. The van der Waals surface area contributed by atoms with Crippen LogP contribution < -0.4 is 5.32 Å². The third kappa shape index (κ3) is 5.72. The first kappa shape index (κ1) is 19.8. The van der Waals surface area contributed by atoms with Crippen molar-refractivity contribution in [2.75, 3.05) is 26.4 Å². The molecule has 0 spiro atoms. The molecule has 1 rings (SSSR count). The number of hydrogen-bond donors (Lipinski definition) is 6. The van der Waals surface area contributed by atoms with Gasteiger partial charge in [0.2, 0.25) is 0 Å². The molecule has 8 nitrogen and oxygen atoms in total. The summed E-state index contributed by atoms with van der Waals surface area (Å²) in [6.45, 7) is -1.57. The first-order valence-corrected chi connectivity index (χ1v) is 8.59. The topological polar surface area (TPSA) is 147 Å². The van der Waals surface area contributed by atoms with Gasteiger partial charge < -0.3 is 25.7 Å². The van der Waals surface area contributed by atoms with Crippen LogP contribution in [0, 0.1) is 0 Å². The van der Waals surface area contributed by atoms with Crippen molar-refractivity contribution in [2.24, 2.45) is 0 Å². The van der Waals surface area contributed by atoms with Crippen LogP contribution in [0.2, 0.25) is 0 Å². The summed E-state index contributed by atoms with van der Waals surface area (Å²) in [6.07, 6.45) is -0.119. The molecule has 1 aromatic rings. The minimum Gasteiger partial charge on any atom is -0.508 e. The summed E-state index contributed by atoms with van der Waals surface area (Å²) in [7, 11) is -4.36. The zero-order valence-electron chi connectivity index (χ0n) is 12.6.